The molecule has 16 heavy (non-hydrogen) atoms. The zero-order valence-electron chi connectivity index (χ0n) is 10.2. The summed E-state index contributed by atoms with van der Waals surface area (Å²) in [5.41, 5.74) is 1.20. The average Bonchev–Trinajstić information content (AvgIpc) is 2.98. The molecule has 0 amide bonds. The molecule has 0 radical (unpaired) electrons. The number of nitrogens with one attached hydrogen (secondary N) is 1. The van der Waals surface area contributed by atoms with Gasteiger partial charge in [0.05, 0.1) is 10.7 Å². The van der Waals surface area contributed by atoms with Crippen LogP contribution in [0, 0.1) is 12.8 Å². The van der Waals surface area contributed by atoms with Gasteiger partial charge in [-0.15, -0.1) is 11.3 Å². The fourth-order valence-electron chi connectivity index (χ4n) is 1.73. The molecule has 1 aromatic rings. The number of rotatable bonds is 7. The molecule has 0 saturated heterocycles. The van der Waals surface area contributed by atoms with Crippen LogP contribution >= 0.6 is 11.3 Å². The number of aromatic nitrogens is 1. The topological polar surface area (TPSA) is 28.2 Å². The van der Waals surface area contributed by atoms with E-state index in [1.165, 1.54) is 25.1 Å². The van der Waals surface area contributed by atoms with E-state index in [4.69, 9.17) is 0 Å². The Morgan fingerprint density at radius 1 is 1.56 bits per heavy atom. The highest BCUT2D eigenvalue weighted by molar-refractivity contribution is 7.09. The lowest BCUT2D eigenvalue weighted by atomic mass is 10.4. The molecule has 0 spiro atoms. The standard InChI is InChI=1S/C12H21N3S/c1-10-14-12(9-16-10)8-15(2)6-5-13-7-11-3-4-11/h9,11,13H,3-8H2,1-2H3. The van der Waals surface area contributed by atoms with E-state index in [9.17, 15) is 0 Å². The normalized spacial score (nSPS) is 15.9. The van der Waals surface area contributed by atoms with Gasteiger partial charge in [-0.3, -0.25) is 4.90 Å². The summed E-state index contributed by atoms with van der Waals surface area (Å²) in [6.45, 7) is 6.43. The van der Waals surface area contributed by atoms with Crippen LogP contribution in [0.4, 0.5) is 0 Å². The second kappa shape index (κ2) is 5.75. The summed E-state index contributed by atoms with van der Waals surface area (Å²) in [7, 11) is 2.16. The first-order valence-electron chi connectivity index (χ1n) is 6.04. The summed E-state index contributed by atoms with van der Waals surface area (Å²) in [6.07, 6.45) is 2.86. The summed E-state index contributed by atoms with van der Waals surface area (Å²) in [6, 6.07) is 0. The Kier molecular flexibility index (Phi) is 4.32. The molecule has 0 aliphatic heterocycles. The third-order valence-corrected chi connectivity index (χ3v) is 3.72. The predicted molar refractivity (Wildman–Crippen MR) is 68.8 cm³/mol. The highest BCUT2D eigenvalue weighted by atomic mass is 32.1. The van der Waals surface area contributed by atoms with Crippen LogP contribution in [0.5, 0.6) is 0 Å². The molecule has 1 N–H and O–H groups in total. The fourth-order valence-corrected chi connectivity index (χ4v) is 2.34. The van der Waals surface area contributed by atoms with E-state index in [-0.39, 0.29) is 0 Å². The first-order chi connectivity index (χ1) is 7.74. The maximum absolute atomic E-state index is 4.47. The molecule has 0 aromatic carbocycles. The van der Waals surface area contributed by atoms with Crippen LogP contribution < -0.4 is 5.32 Å². The molecule has 1 aliphatic rings. The minimum atomic E-state index is 0.968. The van der Waals surface area contributed by atoms with Gasteiger partial charge >= 0.3 is 0 Å². The van der Waals surface area contributed by atoms with Crippen LogP contribution in [-0.4, -0.2) is 36.6 Å². The molecule has 90 valence electrons. The summed E-state index contributed by atoms with van der Waals surface area (Å²) in [5, 5.41) is 6.83. The van der Waals surface area contributed by atoms with Gasteiger partial charge in [0.15, 0.2) is 0 Å². The number of hydrogen-bond donors (Lipinski definition) is 1. The first-order valence-corrected chi connectivity index (χ1v) is 6.92. The molecule has 1 saturated carbocycles. The molecule has 4 heteroatoms. The van der Waals surface area contributed by atoms with Gasteiger partial charge in [-0.2, -0.15) is 0 Å². The van der Waals surface area contributed by atoms with Crippen LogP contribution in [0.2, 0.25) is 0 Å². The van der Waals surface area contributed by atoms with E-state index in [1.54, 1.807) is 11.3 Å². The van der Waals surface area contributed by atoms with Crippen molar-refractivity contribution in [2.75, 3.05) is 26.7 Å². The van der Waals surface area contributed by atoms with Gasteiger partial charge in [0.25, 0.3) is 0 Å². The predicted octanol–water partition coefficient (Wildman–Crippen LogP) is 1.88. The minimum Gasteiger partial charge on any atom is -0.315 e. The summed E-state index contributed by atoms with van der Waals surface area (Å²) >= 11 is 1.73. The van der Waals surface area contributed by atoms with Gasteiger partial charge in [0.1, 0.15) is 0 Å². The molecule has 1 aromatic heterocycles. The molecular formula is C12H21N3S. The van der Waals surface area contributed by atoms with E-state index >= 15 is 0 Å². The Hall–Kier alpha value is -0.450. The van der Waals surface area contributed by atoms with Crippen molar-refractivity contribution in [1.82, 2.24) is 15.2 Å². The second-order valence-corrected chi connectivity index (χ2v) is 5.81. The summed E-state index contributed by atoms with van der Waals surface area (Å²) in [4.78, 5) is 6.80. The summed E-state index contributed by atoms with van der Waals surface area (Å²) in [5.74, 6) is 0.978. The highest BCUT2D eigenvalue weighted by Gasteiger charge is 2.19. The lowest BCUT2D eigenvalue weighted by molar-refractivity contribution is 0.320. The Labute approximate surface area is 102 Å². The van der Waals surface area contributed by atoms with E-state index < -0.39 is 0 Å². The van der Waals surface area contributed by atoms with Gasteiger partial charge in [-0.25, -0.2) is 4.98 Å². The quantitative estimate of drug-likeness (QED) is 0.736. The molecular weight excluding hydrogens is 218 g/mol. The van der Waals surface area contributed by atoms with Crippen LogP contribution in [0.15, 0.2) is 5.38 Å². The van der Waals surface area contributed by atoms with Gasteiger partial charge in [-0.05, 0) is 39.3 Å². The van der Waals surface area contributed by atoms with Crippen LogP contribution in [0.3, 0.4) is 0 Å². The zero-order valence-corrected chi connectivity index (χ0v) is 11.0. The van der Waals surface area contributed by atoms with Crippen molar-refractivity contribution in [3.05, 3.63) is 16.1 Å². The van der Waals surface area contributed by atoms with Crippen molar-refractivity contribution >= 4 is 11.3 Å². The lowest BCUT2D eigenvalue weighted by Gasteiger charge is -2.15. The fraction of sp³-hybridized carbons (Fsp3) is 0.750. The third-order valence-electron chi connectivity index (χ3n) is 2.90. The Bertz CT molecular complexity index is 320. The van der Waals surface area contributed by atoms with E-state index in [2.05, 4.69) is 34.6 Å². The zero-order chi connectivity index (χ0) is 11.4. The molecule has 0 unspecified atom stereocenters. The number of aryl methyl sites for hydroxylation is 1. The number of likely N-dealkylation sites (N-methyl/N-ethyl adjacent to an activating group) is 1. The smallest absolute Gasteiger partial charge is 0.0897 e. The molecule has 0 bridgehead atoms. The van der Waals surface area contributed by atoms with Gasteiger partial charge in [-0.1, -0.05) is 0 Å². The van der Waals surface area contributed by atoms with Crippen molar-refractivity contribution in [2.24, 2.45) is 5.92 Å². The number of thiazole rings is 1. The molecule has 2 rings (SSSR count). The molecule has 1 heterocycles. The molecule has 3 nitrogen and oxygen atoms in total. The van der Waals surface area contributed by atoms with Gasteiger partial charge in [0.2, 0.25) is 0 Å². The monoisotopic (exact) mass is 239 g/mol. The average molecular weight is 239 g/mol. The lowest BCUT2D eigenvalue weighted by Crippen LogP contribution is -2.30. The van der Waals surface area contributed by atoms with Crippen LogP contribution in [0.25, 0.3) is 0 Å². The maximum Gasteiger partial charge on any atom is 0.0897 e. The van der Waals surface area contributed by atoms with Gasteiger partial charge in [0, 0.05) is 25.0 Å². The van der Waals surface area contributed by atoms with Crippen molar-refractivity contribution < 1.29 is 0 Å². The Morgan fingerprint density at radius 3 is 3.00 bits per heavy atom. The van der Waals surface area contributed by atoms with E-state index in [0.717, 1.165) is 30.6 Å². The van der Waals surface area contributed by atoms with Crippen LogP contribution in [0.1, 0.15) is 23.5 Å². The number of nitrogens with zero attached hydrogens (tertiary/aromatic N) is 2. The highest BCUT2D eigenvalue weighted by Crippen LogP contribution is 2.27. The van der Waals surface area contributed by atoms with E-state index in [0.29, 0.717) is 0 Å². The minimum absolute atomic E-state index is 0.968. The number of hydrogen-bond acceptors (Lipinski definition) is 4. The second-order valence-electron chi connectivity index (χ2n) is 4.74. The molecule has 0 atom stereocenters. The van der Waals surface area contributed by atoms with Crippen molar-refractivity contribution in [3.8, 4) is 0 Å². The SMILES string of the molecule is Cc1nc(CN(C)CCNCC2CC2)cs1. The van der Waals surface area contributed by atoms with Crippen molar-refractivity contribution in [1.29, 1.82) is 0 Å². The first kappa shape index (κ1) is 12.0. The summed E-state index contributed by atoms with van der Waals surface area (Å²) < 4.78 is 0. The third kappa shape index (κ3) is 4.20. The van der Waals surface area contributed by atoms with E-state index in [1.807, 2.05) is 0 Å². The van der Waals surface area contributed by atoms with Crippen LogP contribution in [-0.2, 0) is 6.54 Å². The van der Waals surface area contributed by atoms with Crippen molar-refractivity contribution in [3.63, 3.8) is 0 Å². The van der Waals surface area contributed by atoms with Gasteiger partial charge < -0.3 is 5.32 Å². The Morgan fingerprint density at radius 2 is 2.38 bits per heavy atom. The van der Waals surface area contributed by atoms with Crippen molar-refractivity contribution in [2.45, 2.75) is 26.3 Å². The largest absolute Gasteiger partial charge is 0.315 e. The maximum atomic E-state index is 4.47. The molecule has 1 aliphatic carbocycles. The molecule has 1 fully saturated rings. The Balaban J connectivity index is 1.57.